The predicted molar refractivity (Wildman–Crippen MR) is 70.3 cm³/mol. The minimum absolute atomic E-state index is 0.175. The largest absolute Gasteiger partial charge is 0.460 e. The van der Waals surface area contributed by atoms with E-state index in [0.29, 0.717) is 6.92 Å². The van der Waals surface area contributed by atoms with E-state index in [1.807, 2.05) is 0 Å². The molecule has 0 unspecified atom stereocenters. The number of esters is 1. The Morgan fingerprint density at radius 2 is 1.92 bits per heavy atom. The van der Waals surface area contributed by atoms with Crippen molar-refractivity contribution in [3.63, 3.8) is 0 Å². The first-order valence-electron chi connectivity index (χ1n) is 6.63. The maximum Gasteiger partial charge on any atom is 0.437 e. The van der Waals surface area contributed by atoms with E-state index in [0.717, 1.165) is 18.5 Å². The van der Waals surface area contributed by atoms with Gasteiger partial charge in [-0.3, -0.25) is 4.98 Å². The molecule has 130 valence electrons. The van der Waals surface area contributed by atoms with Gasteiger partial charge in [0.25, 0.3) is 5.92 Å². The molecule has 0 aliphatic carbocycles. The zero-order valence-corrected chi connectivity index (χ0v) is 12.4. The summed E-state index contributed by atoms with van der Waals surface area (Å²) in [6.07, 6.45) is -3.12. The maximum atomic E-state index is 13.3. The van der Waals surface area contributed by atoms with Gasteiger partial charge in [0.05, 0.1) is 12.2 Å². The van der Waals surface area contributed by atoms with Gasteiger partial charge in [0.2, 0.25) is 11.7 Å². The Bertz CT molecular complexity index is 750. The highest BCUT2D eigenvalue weighted by molar-refractivity contribution is 5.88. The SMILES string of the molecule is CCOC(=O)c1oc(-c2cncc(C(C)(F)F)c2)nc1C(F)(F)F. The molecule has 0 bridgehead atoms. The quantitative estimate of drug-likeness (QED) is 0.615. The lowest BCUT2D eigenvalue weighted by atomic mass is 10.1. The summed E-state index contributed by atoms with van der Waals surface area (Å²) in [6, 6.07) is 0.883. The van der Waals surface area contributed by atoms with Crippen LogP contribution in [0.4, 0.5) is 22.0 Å². The molecule has 0 saturated carbocycles. The summed E-state index contributed by atoms with van der Waals surface area (Å²) in [5.41, 5.74) is -2.36. The van der Waals surface area contributed by atoms with Crippen molar-refractivity contribution >= 4 is 5.97 Å². The standard InChI is InChI=1S/C14H11F5N2O3/c1-3-23-12(22)9-10(14(17,18)19)21-11(24-9)7-4-8(6-20-5-7)13(2,15)16/h4-6H,3H2,1-2H3. The number of hydrogen-bond donors (Lipinski definition) is 0. The average molecular weight is 350 g/mol. The molecule has 2 aromatic rings. The number of ether oxygens (including phenoxy) is 1. The molecular formula is C14H11F5N2O3. The molecule has 0 fully saturated rings. The van der Waals surface area contributed by atoms with Gasteiger partial charge in [-0.25, -0.2) is 18.6 Å². The van der Waals surface area contributed by atoms with Crippen LogP contribution in [0.5, 0.6) is 0 Å². The summed E-state index contributed by atoms with van der Waals surface area (Å²) in [5.74, 6) is -6.42. The summed E-state index contributed by atoms with van der Waals surface area (Å²) in [7, 11) is 0. The zero-order valence-electron chi connectivity index (χ0n) is 12.4. The molecule has 0 aliphatic rings. The van der Waals surface area contributed by atoms with E-state index in [4.69, 9.17) is 4.42 Å². The van der Waals surface area contributed by atoms with E-state index < -0.39 is 41.0 Å². The molecule has 0 spiro atoms. The highest BCUT2D eigenvalue weighted by atomic mass is 19.4. The highest BCUT2D eigenvalue weighted by Crippen LogP contribution is 2.35. The van der Waals surface area contributed by atoms with Crippen LogP contribution in [-0.2, 0) is 16.8 Å². The van der Waals surface area contributed by atoms with Crippen molar-refractivity contribution in [3.8, 4) is 11.5 Å². The van der Waals surface area contributed by atoms with Crippen LogP contribution < -0.4 is 0 Å². The van der Waals surface area contributed by atoms with Gasteiger partial charge in [-0.1, -0.05) is 0 Å². The molecule has 24 heavy (non-hydrogen) atoms. The first-order chi connectivity index (χ1) is 11.0. The lowest BCUT2D eigenvalue weighted by Gasteiger charge is -2.10. The third-order valence-corrected chi connectivity index (χ3v) is 2.85. The summed E-state index contributed by atoms with van der Waals surface area (Å²) in [6.45, 7) is 1.83. The second-order valence-electron chi connectivity index (χ2n) is 4.77. The van der Waals surface area contributed by atoms with E-state index >= 15 is 0 Å². The first-order valence-corrected chi connectivity index (χ1v) is 6.63. The van der Waals surface area contributed by atoms with Crippen molar-refractivity contribution < 1.29 is 35.9 Å². The smallest absolute Gasteiger partial charge is 0.437 e. The maximum absolute atomic E-state index is 13.3. The molecule has 2 rings (SSSR count). The Morgan fingerprint density at radius 1 is 1.25 bits per heavy atom. The third-order valence-electron chi connectivity index (χ3n) is 2.85. The molecule has 0 atom stereocenters. The Labute approximate surface area is 132 Å². The van der Waals surface area contributed by atoms with Crippen molar-refractivity contribution in [1.29, 1.82) is 0 Å². The lowest BCUT2D eigenvalue weighted by Crippen LogP contribution is -2.14. The summed E-state index contributed by atoms with van der Waals surface area (Å²) >= 11 is 0. The van der Waals surface area contributed by atoms with Gasteiger partial charge in [0.15, 0.2) is 5.69 Å². The lowest BCUT2D eigenvalue weighted by molar-refractivity contribution is -0.141. The first kappa shape index (κ1) is 17.8. The van der Waals surface area contributed by atoms with E-state index in [1.54, 1.807) is 0 Å². The van der Waals surface area contributed by atoms with Crippen LogP contribution >= 0.6 is 0 Å². The molecule has 10 heteroatoms. The van der Waals surface area contributed by atoms with Crippen LogP contribution in [-0.4, -0.2) is 22.5 Å². The molecule has 2 heterocycles. The number of halogens is 5. The minimum atomic E-state index is -4.98. The zero-order chi connectivity index (χ0) is 18.1. The summed E-state index contributed by atoms with van der Waals surface area (Å²) in [4.78, 5) is 18.3. The topological polar surface area (TPSA) is 65.2 Å². The van der Waals surface area contributed by atoms with Gasteiger partial charge in [-0.05, 0) is 13.0 Å². The van der Waals surface area contributed by atoms with Gasteiger partial charge in [-0.15, -0.1) is 0 Å². The van der Waals surface area contributed by atoms with Gasteiger partial charge in [-0.2, -0.15) is 13.2 Å². The van der Waals surface area contributed by atoms with Crippen molar-refractivity contribution in [3.05, 3.63) is 35.5 Å². The summed E-state index contributed by atoms with van der Waals surface area (Å²) < 4.78 is 74.9. The molecule has 2 aromatic heterocycles. The number of rotatable bonds is 4. The van der Waals surface area contributed by atoms with Crippen LogP contribution in [0.15, 0.2) is 22.9 Å². The van der Waals surface area contributed by atoms with Crippen LogP contribution in [0.25, 0.3) is 11.5 Å². The van der Waals surface area contributed by atoms with Gasteiger partial charge in [0.1, 0.15) is 0 Å². The fourth-order valence-corrected chi connectivity index (χ4v) is 1.77. The normalized spacial score (nSPS) is 12.3. The van der Waals surface area contributed by atoms with Crippen LogP contribution in [0.2, 0.25) is 0 Å². The minimum Gasteiger partial charge on any atom is -0.460 e. The van der Waals surface area contributed by atoms with Crippen molar-refractivity contribution in [2.45, 2.75) is 25.9 Å². The molecule has 0 saturated heterocycles. The Morgan fingerprint density at radius 3 is 2.46 bits per heavy atom. The van der Waals surface area contributed by atoms with Crippen LogP contribution in [0.3, 0.4) is 0 Å². The van der Waals surface area contributed by atoms with Crippen LogP contribution in [0, 0.1) is 0 Å². The molecule has 0 aliphatic heterocycles. The van der Waals surface area contributed by atoms with E-state index in [9.17, 15) is 26.7 Å². The molecular weight excluding hydrogens is 339 g/mol. The van der Waals surface area contributed by atoms with Crippen molar-refractivity contribution in [2.24, 2.45) is 0 Å². The predicted octanol–water partition coefficient (Wildman–Crippen LogP) is 4.04. The van der Waals surface area contributed by atoms with E-state index in [-0.39, 0.29) is 12.2 Å². The molecule has 0 N–H and O–H groups in total. The third kappa shape index (κ3) is 3.69. The number of carbonyl (C=O) groups excluding carboxylic acids is 1. The van der Waals surface area contributed by atoms with Crippen molar-refractivity contribution in [2.75, 3.05) is 6.61 Å². The number of carbonyl (C=O) groups is 1. The van der Waals surface area contributed by atoms with E-state index in [1.165, 1.54) is 6.92 Å². The highest BCUT2D eigenvalue weighted by Gasteiger charge is 2.42. The second kappa shape index (κ2) is 6.17. The Kier molecular flexibility index (Phi) is 4.59. The van der Waals surface area contributed by atoms with Crippen LogP contribution in [0.1, 0.15) is 35.7 Å². The molecule has 0 radical (unpaired) electrons. The van der Waals surface area contributed by atoms with Gasteiger partial charge >= 0.3 is 12.1 Å². The average Bonchev–Trinajstić information content (AvgIpc) is 2.92. The molecule has 5 nitrogen and oxygen atoms in total. The Balaban J connectivity index is 2.55. The van der Waals surface area contributed by atoms with E-state index in [2.05, 4.69) is 14.7 Å². The number of alkyl halides is 5. The fraction of sp³-hybridized carbons (Fsp3) is 0.357. The monoisotopic (exact) mass is 350 g/mol. The number of oxazole rings is 1. The van der Waals surface area contributed by atoms with Gasteiger partial charge < -0.3 is 9.15 Å². The van der Waals surface area contributed by atoms with Gasteiger partial charge in [0, 0.05) is 24.9 Å². The molecule has 0 amide bonds. The fourth-order valence-electron chi connectivity index (χ4n) is 1.77. The molecule has 0 aromatic carbocycles. The second-order valence-corrected chi connectivity index (χ2v) is 4.77. The summed E-state index contributed by atoms with van der Waals surface area (Å²) in [5, 5.41) is 0. The van der Waals surface area contributed by atoms with Crippen molar-refractivity contribution in [1.82, 2.24) is 9.97 Å². The number of aromatic nitrogens is 2. The number of pyridine rings is 1. The number of hydrogen-bond acceptors (Lipinski definition) is 5. The Hall–Kier alpha value is -2.52. The number of nitrogens with zero attached hydrogens (tertiary/aromatic N) is 2.